The Kier molecular flexibility index (Phi) is 15.1. The summed E-state index contributed by atoms with van der Waals surface area (Å²) in [5, 5.41) is 3.46. The SMILES string of the molecule is CCOC(=O)C1CCCN(C(=NC)NCCCCCCCN(C)C)C1.I. The van der Waals surface area contributed by atoms with E-state index in [0.29, 0.717) is 13.2 Å². The highest BCUT2D eigenvalue weighted by Crippen LogP contribution is 2.18. The van der Waals surface area contributed by atoms with Crippen LogP contribution in [0.1, 0.15) is 51.9 Å². The van der Waals surface area contributed by atoms with Crippen molar-refractivity contribution in [2.24, 2.45) is 10.9 Å². The summed E-state index contributed by atoms with van der Waals surface area (Å²) in [7, 11) is 6.07. The molecule has 1 rings (SSSR count). The van der Waals surface area contributed by atoms with E-state index in [2.05, 4.69) is 34.2 Å². The molecule has 1 aliphatic rings. The van der Waals surface area contributed by atoms with Crippen molar-refractivity contribution in [2.75, 3.05) is 53.9 Å². The third-order valence-electron chi connectivity index (χ3n) is 4.62. The number of esters is 1. The number of carbonyl (C=O) groups is 1. The molecule has 0 aromatic rings. The van der Waals surface area contributed by atoms with Crippen LogP contribution in [0.3, 0.4) is 0 Å². The largest absolute Gasteiger partial charge is 0.466 e. The van der Waals surface area contributed by atoms with E-state index in [1.165, 1.54) is 32.2 Å². The zero-order valence-corrected chi connectivity index (χ0v) is 19.5. The Morgan fingerprint density at radius 2 is 1.92 bits per heavy atom. The Bertz CT molecular complexity index is 405. The molecule has 0 aromatic heterocycles. The Hall–Kier alpha value is -0.570. The van der Waals surface area contributed by atoms with Crippen LogP contribution in [0.2, 0.25) is 0 Å². The van der Waals surface area contributed by atoms with Crippen molar-refractivity contribution < 1.29 is 9.53 Å². The van der Waals surface area contributed by atoms with E-state index in [9.17, 15) is 4.79 Å². The lowest BCUT2D eigenvalue weighted by Crippen LogP contribution is -2.48. The molecule has 6 nitrogen and oxygen atoms in total. The van der Waals surface area contributed by atoms with Crippen LogP contribution in [0, 0.1) is 5.92 Å². The first kappa shape index (κ1) is 25.4. The molecule has 1 N–H and O–H groups in total. The Morgan fingerprint density at radius 3 is 2.58 bits per heavy atom. The van der Waals surface area contributed by atoms with Crippen LogP contribution in [-0.2, 0) is 9.53 Å². The molecule has 1 fully saturated rings. The van der Waals surface area contributed by atoms with E-state index in [-0.39, 0.29) is 35.9 Å². The second kappa shape index (κ2) is 15.5. The standard InChI is InChI=1S/C19H38N4O2.HI/c1-5-25-18(24)17-12-11-15-23(16-17)19(20-2)21-13-9-7-6-8-10-14-22(3)4;/h17H,5-16H2,1-4H3,(H,20,21);1H. The quantitative estimate of drug-likeness (QED) is 0.171. The highest BCUT2D eigenvalue weighted by atomic mass is 127. The van der Waals surface area contributed by atoms with Crippen LogP contribution in [0.15, 0.2) is 4.99 Å². The summed E-state index contributed by atoms with van der Waals surface area (Å²) >= 11 is 0. The number of aliphatic imine (C=N–C) groups is 1. The number of carbonyl (C=O) groups excluding carboxylic acids is 1. The van der Waals surface area contributed by atoms with Gasteiger partial charge in [0.05, 0.1) is 12.5 Å². The smallest absolute Gasteiger partial charge is 0.310 e. The first-order valence-corrected chi connectivity index (χ1v) is 9.85. The lowest BCUT2D eigenvalue weighted by atomic mass is 9.98. The van der Waals surface area contributed by atoms with Crippen LogP contribution < -0.4 is 5.32 Å². The lowest BCUT2D eigenvalue weighted by Gasteiger charge is -2.34. The fourth-order valence-corrected chi connectivity index (χ4v) is 3.24. The van der Waals surface area contributed by atoms with E-state index in [4.69, 9.17) is 4.74 Å². The van der Waals surface area contributed by atoms with Crippen LogP contribution >= 0.6 is 24.0 Å². The maximum atomic E-state index is 12.0. The van der Waals surface area contributed by atoms with Gasteiger partial charge in [0.15, 0.2) is 5.96 Å². The molecule has 0 bridgehead atoms. The minimum Gasteiger partial charge on any atom is -0.466 e. The van der Waals surface area contributed by atoms with Gasteiger partial charge in [-0.2, -0.15) is 0 Å². The molecule has 26 heavy (non-hydrogen) atoms. The molecule has 0 radical (unpaired) electrons. The van der Waals surface area contributed by atoms with Crippen molar-refractivity contribution in [3.05, 3.63) is 0 Å². The number of halogens is 1. The normalized spacial score (nSPS) is 17.8. The predicted molar refractivity (Wildman–Crippen MR) is 119 cm³/mol. The molecule has 1 unspecified atom stereocenters. The van der Waals surface area contributed by atoms with Gasteiger partial charge in [0, 0.05) is 26.7 Å². The average Bonchev–Trinajstić information content (AvgIpc) is 2.60. The number of rotatable bonds is 10. The van der Waals surface area contributed by atoms with Crippen LogP contribution in [0.4, 0.5) is 0 Å². The summed E-state index contributed by atoms with van der Waals surface area (Å²) in [6, 6.07) is 0. The topological polar surface area (TPSA) is 57.2 Å². The molecule has 0 aliphatic carbocycles. The van der Waals surface area contributed by atoms with Crippen LogP contribution in [0.5, 0.6) is 0 Å². The van der Waals surface area contributed by atoms with E-state index in [0.717, 1.165) is 38.3 Å². The van der Waals surface area contributed by atoms with Crippen molar-refractivity contribution in [1.82, 2.24) is 15.1 Å². The Labute approximate surface area is 177 Å². The van der Waals surface area contributed by atoms with Crippen molar-refractivity contribution in [1.29, 1.82) is 0 Å². The number of nitrogens with one attached hydrogen (secondary N) is 1. The third-order valence-corrected chi connectivity index (χ3v) is 4.62. The molecule has 1 aliphatic heterocycles. The number of nitrogens with zero attached hydrogens (tertiary/aromatic N) is 3. The molecule has 1 heterocycles. The zero-order valence-electron chi connectivity index (χ0n) is 17.1. The summed E-state index contributed by atoms with van der Waals surface area (Å²) < 4.78 is 5.17. The number of piperidine rings is 1. The molecule has 0 spiro atoms. The molecule has 1 atom stereocenters. The van der Waals surface area contributed by atoms with Gasteiger partial charge in [0.2, 0.25) is 0 Å². The maximum Gasteiger partial charge on any atom is 0.310 e. The van der Waals surface area contributed by atoms with E-state index in [1.54, 1.807) is 0 Å². The summed E-state index contributed by atoms with van der Waals surface area (Å²) in [4.78, 5) is 20.8. The van der Waals surface area contributed by atoms with Gasteiger partial charge < -0.3 is 19.9 Å². The minimum absolute atomic E-state index is 0. The highest BCUT2D eigenvalue weighted by Gasteiger charge is 2.28. The van der Waals surface area contributed by atoms with Crippen molar-refractivity contribution >= 4 is 35.9 Å². The first-order chi connectivity index (χ1) is 12.1. The Balaban J connectivity index is 0.00000625. The fraction of sp³-hybridized carbons (Fsp3) is 0.895. The van der Waals surface area contributed by atoms with E-state index in [1.807, 2.05) is 14.0 Å². The van der Waals surface area contributed by atoms with E-state index >= 15 is 0 Å². The monoisotopic (exact) mass is 482 g/mol. The predicted octanol–water partition coefficient (Wildman–Crippen LogP) is 2.97. The number of hydrogen-bond acceptors (Lipinski definition) is 4. The van der Waals surface area contributed by atoms with Crippen molar-refractivity contribution in [2.45, 2.75) is 51.9 Å². The van der Waals surface area contributed by atoms with E-state index < -0.39 is 0 Å². The van der Waals surface area contributed by atoms with Crippen LogP contribution in [0.25, 0.3) is 0 Å². The lowest BCUT2D eigenvalue weighted by molar-refractivity contribution is -0.149. The van der Waals surface area contributed by atoms with Gasteiger partial charge in [-0.3, -0.25) is 9.79 Å². The van der Waals surface area contributed by atoms with Gasteiger partial charge in [-0.05, 0) is 53.2 Å². The summed E-state index contributed by atoms with van der Waals surface area (Å²) in [5.41, 5.74) is 0. The number of likely N-dealkylation sites (tertiary alicyclic amines) is 1. The van der Waals surface area contributed by atoms with Gasteiger partial charge in [0.1, 0.15) is 0 Å². The Morgan fingerprint density at radius 1 is 1.23 bits per heavy atom. The first-order valence-electron chi connectivity index (χ1n) is 9.85. The molecule has 0 saturated carbocycles. The molecule has 7 heteroatoms. The molecule has 154 valence electrons. The number of hydrogen-bond donors (Lipinski definition) is 1. The highest BCUT2D eigenvalue weighted by molar-refractivity contribution is 14.0. The molecule has 0 amide bonds. The second-order valence-corrected chi connectivity index (χ2v) is 7.08. The maximum absolute atomic E-state index is 12.0. The van der Waals surface area contributed by atoms with Crippen molar-refractivity contribution in [3.8, 4) is 0 Å². The summed E-state index contributed by atoms with van der Waals surface area (Å²) in [6.45, 7) is 6.11. The van der Waals surface area contributed by atoms with Crippen molar-refractivity contribution in [3.63, 3.8) is 0 Å². The third kappa shape index (κ3) is 10.5. The molecular weight excluding hydrogens is 443 g/mol. The zero-order chi connectivity index (χ0) is 18.5. The minimum atomic E-state index is -0.0691. The number of guanidine groups is 1. The summed E-state index contributed by atoms with van der Waals surface area (Å²) in [6.07, 6.45) is 8.22. The van der Waals surface area contributed by atoms with Crippen LogP contribution in [-0.4, -0.2) is 75.7 Å². The molecule has 0 aromatic carbocycles. The summed E-state index contributed by atoms with van der Waals surface area (Å²) in [5.74, 6) is 0.825. The average molecular weight is 482 g/mol. The number of unbranched alkanes of at least 4 members (excludes halogenated alkanes) is 4. The second-order valence-electron chi connectivity index (χ2n) is 7.08. The molecule has 1 saturated heterocycles. The van der Waals surface area contributed by atoms with Gasteiger partial charge in [-0.15, -0.1) is 24.0 Å². The number of ether oxygens (including phenoxy) is 1. The fourth-order valence-electron chi connectivity index (χ4n) is 3.24. The van der Waals surface area contributed by atoms with Gasteiger partial charge >= 0.3 is 5.97 Å². The van der Waals surface area contributed by atoms with Gasteiger partial charge in [-0.25, -0.2) is 0 Å². The van der Waals surface area contributed by atoms with Gasteiger partial charge in [0.25, 0.3) is 0 Å². The van der Waals surface area contributed by atoms with Gasteiger partial charge in [-0.1, -0.05) is 19.3 Å². The molecular formula is C19H39IN4O2.